The quantitative estimate of drug-likeness (QED) is 0.396. The fourth-order valence-electron chi connectivity index (χ4n) is 3.29. The topological polar surface area (TPSA) is 93.5 Å². The lowest BCUT2D eigenvalue weighted by Crippen LogP contribution is -2.27. The second-order valence-electron chi connectivity index (χ2n) is 7.74. The Morgan fingerprint density at radius 2 is 1.77 bits per heavy atom. The van der Waals surface area contributed by atoms with Crippen molar-refractivity contribution in [3.63, 3.8) is 0 Å². The molecule has 1 aromatic heterocycles. The second-order valence-corrected chi connectivity index (χ2v) is 7.74. The number of hydrogen-bond acceptors (Lipinski definition) is 4. The summed E-state index contributed by atoms with van der Waals surface area (Å²) >= 11 is 0. The van der Waals surface area contributed by atoms with E-state index in [0.29, 0.717) is 18.6 Å². The third-order valence-corrected chi connectivity index (χ3v) is 5.09. The summed E-state index contributed by atoms with van der Waals surface area (Å²) in [6, 6.07) is 7.25. The first-order chi connectivity index (χ1) is 16.3. The van der Waals surface area contributed by atoms with Crippen LogP contribution >= 0.6 is 0 Å². The zero-order chi connectivity index (χ0) is 26.1. The molecule has 2 N–H and O–H groups in total. The lowest BCUT2D eigenvalue weighted by Gasteiger charge is -2.16. The number of alkyl halides is 4. The summed E-state index contributed by atoms with van der Waals surface area (Å²) in [6.45, 7) is 2.03. The van der Waals surface area contributed by atoms with Gasteiger partial charge in [-0.25, -0.2) is 31.4 Å². The maximum Gasteiger partial charge on any atom is 0.335 e. The minimum atomic E-state index is -3.55. The van der Waals surface area contributed by atoms with E-state index in [1.807, 2.05) is 0 Å². The van der Waals surface area contributed by atoms with E-state index >= 15 is 0 Å². The van der Waals surface area contributed by atoms with Gasteiger partial charge in [0.15, 0.2) is 0 Å². The van der Waals surface area contributed by atoms with Gasteiger partial charge in [0.2, 0.25) is 5.88 Å². The second kappa shape index (κ2) is 9.72. The van der Waals surface area contributed by atoms with E-state index in [1.165, 1.54) is 31.3 Å². The maximum atomic E-state index is 13.8. The number of rotatable bonds is 8. The summed E-state index contributed by atoms with van der Waals surface area (Å²) in [4.78, 5) is 24.0. The van der Waals surface area contributed by atoms with E-state index in [4.69, 9.17) is 9.84 Å². The van der Waals surface area contributed by atoms with Crippen molar-refractivity contribution in [1.29, 1.82) is 0 Å². The Labute approximate surface area is 196 Å². The third kappa shape index (κ3) is 5.58. The molecule has 0 aliphatic carbocycles. The van der Waals surface area contributed by atoms with Crippen LogP contribution in [0.2, 0.25) is 0 Å². The Morgan fingerprint density at radius 1 is 1.14 bits per heavy atom. The lowest BCUT2D eigenvalue weighted by molar-refractivity contribution is 0.0135. The number of carboxylic acids is 1. The molecule has 3 aromatic rings. The van der Waals surface area contributed by atoms with Crippen molar-refractivity contribution in [2.45, 2.75) is 32.2 Å². The molecule has 1 atom stereocenters. The number of aromatic nitrogens is 2. The van der Waals surface area contributed by atoms with Gasteiger partial charge < -0.3 is 15.2 Å². The fraction of sp³-hybridized carbons (Fsp3) is 0.261. The first-order valence-corrected chi connectivity index (χ1v) is 10.1. The van der Waals surface area contributed by atoms with Crippen molar-refractivity contribution in [1.82, 2.24) is 15.1 Å². The van der Waals surface area contributed by atoms with Crippen LogP contribution in [0.5, 0.6) is 11.6 Å². The van der Waals surface area contributed by atoms with Crippen molar-refractivity contribution in [2.75, 3.05) is 0 Å². The molecule has 7 nitrogen and oxygen atoms in total. The lowest BCUT2D eigenvalue weighted by atomic mass is 10.1. The van der Waals surface area contributed by atoms with Crippen LogP contribution in [0, 0.1) is 5.82 Å². The highest BCUT2D eigenvalue weighted by Gasteiger charge is 2.32. The minimum absolute atomic E-state index is 0.0199. The standard InChI is InChI=1S/C23H20F5N3O4/c1-11(12-4-6-13(7-5-12)22(33)34)29-20(32)17-18(19(25)26)30-31(3)21(17)35-14-8-9-16(24)15(10-14)23(2,27)28/h4-11,19H,1-3H3,(H,29,32)(H,33,34)/t11-/m0/s1. The molecule has 1 amide bonds. The number of aryl methyl sites for hydroxylation is 1. The molecule has 0 fully saturated rings. The van der Waals surface area contributed by atoms with Crippen LogP contribution in [0.3, 0.4) is 0 Å². The van der Waals surface area contributed by atoms with Crippen LogP contribution in [0.15, 0.2) is 42.5 Å². The zero-order valence-electron chi connectivity index (χ0n) is 18.7. The first-order valence-electron chi connectivity index (χ1n) is 10.1. The van der Waals surface area contributed by atoms with Crippen LogP contribution in [-0.4, -0.2) is 26.8 Å². The summed E-state index contributed by atoms with van der Waals surface area (Å²) in [5.41, 5.74) is -2.01. The number of hydrogen-bond donors (Lipinski definition) is 2. The van der Waals surface area contributed by atoms with Gasteiger partial charge in [-0.05, 0) is 42.8 Å². The van der Waals surface area contributed by atoms with Crippen LogP contribution in [-0.2, 0) is 13.0 Å². The average Bonchev–Trinajstić information content (AvgIpc) is 3.10. The van der Waals surface area contributed by atoms with Gasteiger partial charge in [-0.3, -0.25) is 4.79 Å². The smallest absolute Gasteiger partial charge is 0.335 e. The number of amides is 1. The Hall–Kier alpha value is -3.96. The highest BCUT2D eigenvalue weighted by molar-refractivity contribution is 5.98. The zero-order valence-corrected chi connectivity index (χ0v) is 18.7. The van der Waals surface area contributed by atoms with Crippen molar-refractivity contribution in [3.8, 4) is 11.6 Å². The van der Waals surface area contributed by atoms with Gasteiger partial charge in [0, 0.05) is 14.0 Å². The van der Waals surface area contributed by atoms with E-state index in [2.05, 4.69) is 10.4 Å². The van der Waals surface area contributed by atoms with Crippen LogP contribution < -0.4 is 10.1 Å². The number of nitrogens with one attached hydrogen (secondary N) is 1. The third-order valence-electron chi connectivity index (χ3n) is 5.09. The van der Waals surface area contributed by atoms with Crippen LogP contribution in [0.1, 0.15) is 63.9 Å². The summed E-state index contributed by atoms with van der Waals surface area (Å²) in [5.74, 6) is -7.67. The summed E-state index contributed by atoms with van der Waals surface area (Å²) in [5, 5.41) is 15.1. The molecule has 0 spiro atoms. The Kier molecular flexibility index (Phi) is 7.13. The number of benzene rings is 2. The highest BCUT2D eigenvalue weighted by Crippen LogP contribution is 2.36. The SMILES string of the molecule is C[C@H](NC(=O)c1c(C(F)F)nn(C)c1Oc1ccc(F)c(C(C)(F)F)c1)c1ccc(C(=O)O)cc1. The predicted molar refractivity (Wildman–Crippen MR) is 113 cm³/mol. The van der Waals surface area contributed by atoms with E-state index in [1.54, 1.807) is 6.92 Å². The molecule has 0 saturated carbocycles. The van der Waals surface area contributed by atoms with E-state index in [0.717, 1.165) is 16.8 Å². The molecule has 0 aliphatic heterocycles. The Morgan fingerprint density at radius 3 is 2.31 bits per heavy atom. The molecule has 0 saturated heterocycles. The van der Waals surface area contributed by atoms with Gasteiger partial charge >= 0.3 is 5.97 Å². The van der Waals surface area contributed by atoms with Crippen LogP contribution in [0.25, 0.3) is 0 Å². The van der Waals surface area contributed by atoms with E-state index in [-0.39, 0.29) is 11.3 Å². The van der Waals surface area contributed by atoms with Crippen molar-refractivity contribution >= 4 is 11.9 Å². The van der Waals surface area contributed by atoms with Gasteiger partial charge in [-0.1, -0.05) is 12.1 Å². The van der Waals surface area contributed by atoms with Crippen molar-refractivity contribution in [3.05, 3.63) is 76.2 Å². The monoisotopic (exact) mass is 497 g/mol. The maximum absolute atomic E-state index is 13.8. The van der Waals surface area contributed by atoms with Crippen molar-refractivity contribution < 1.29 is 41.4 Å². The molecular weight excluding hydrogens is 477 g/mol. The van der Waals surface area contributed by atoms with Gasteiger partial charge in [0.05, 0.1) is 17.2 Å². The average molecular weight is 497 g/mol. The van der Waals surface area contributed by atoms with E-state index in [9.17, 15) is 31.5 Å². The molecule has 35 heavy (non-hydrogen) atoms. The number of aromatic carboxylic acids is 1. The Balaban J connectivity index is 1.95. The molecule has 0 radical (unpaired) electrons. The van der Waals surface area contributed by atoms with Crippen LogP contribution in [0.4, 0.5) is 22.0 Å². The summed E-state index contributed by atoms with van der Waals surface area (Å²) < 4.78 is 74.8. The minimum Gasteiger partial charge on any atom is -0.478 e. The number of nitrogens with zero attached hydrogens (tertiary/aromatic N) is 2. The van der Waals surface area contributed by atoms with Gasteiger partial charge in [-0.15, -0.1) is 0 Å². The first kappa shape index (κ1) is 25.7. The normalized spacial score (nSPS) is 12.5. The molecule has 0 unspecified atom stereocenters. The molecule has 1 heterocycles. The van der Waals surface area contributed by atoms with Crippen molar-refractivity contribution in [2.24, 2.45) is 7.05 Å². The molecule has 12 heteroatoms. The number of carboxylic acid groups (broad SMARTS) is 1. The largest absolute Gasteiger partial charge is 0.478 e. The summed E-state index contributed by atoms with van der Waals surface area (Å²) in [6.07, 6.45) is -3.17. The fourth-order valence-corrected chi connectivity index (χ4v) is 3.29. The number of carbonyl (C=O) groups excluding carboxylic acids is 1. The number of carbonyl (C=O) groups is 2. The predicted octanol–water partition coefficient (Wildman–Crippen LogP) is 5.59. The molecule has 186 valence electrons. The highest BCUT2D eigenvalue weighted by atomic mass is 19.3. The molecule has 2 aromatic carbocycles. The van der Waals surface area contributed by atoms with Gasteiger partial charge in [0.25, 0.3) is 18.3 Å². The number of halogens is 5. The molecule has 3 rings (SSSR count). The number of ether oxygens (including phenoxy) is 1. The molecular formula is C23H20F5N3O4. The summed E-state index contributed by atoms with van der Waals surface area (Å²) in [7, 11) is 1.21. The van der Waals surface area contributed by atoms with E-state index < -0.39 is 58.8 Å². The van der Waals surface area contributed by atoms with Gasteiger partial charge in [-0.2, -0.15) is 5.10 Å². The molecule has 0 bridgehead atoms. The Bertz CT molecular complexity index is 1250. The van der Waals surface area contributed by atoms with Gasteiger partial charge in [0.1, 0.15) is 22.8 Å². The molecule has 0 aliphatic rings.